The minimum atomic E-state index is -4.82. The van der Waals surface area contributed by atoms with Gasteiger partial charge in [-0.05, 0) is 32.0 Å². The highest BCUT2D eigenvalue weighted by Gasteiger charge is 2.54. The molecular weight excluding hydrogens is 321 g/mol. The predicted molar refractivity (Wildman–Crippen MR) is 84.3 cm³/mol. The largest absolute Gasteiger partial charge is 0.421 e. The van der Waals surface area contributed by atoms with Crippen molar-refractivity contribution in [3.63, 3.8) is 0 Å². The molecule has 0 bridgehead atoms. The van der Waals surface area contributed by atoms with Crippen molar-refractivity contribution < 1.29 is 23.1 Å². The Bertz CT molecular complexity index is 551. The summed E-state index contributed by atoms with van der Waals surface area (Å²) in [5, 5.41) is 12.7. The van der Waals surface area contributed by atoms with E-state index in [2.05, 4.69) is 5.32 Å². The van der Waals surface area contributed by atoms with E-state index in [9.17, 15) is 23.1 Å². The highest BCUT2D eigenvalue weighted by Crippen LogP contribution is 2.41. The van der Waals surface area contributed by atoms with E-state index in [1.807, 2.05) is 11.9 Å². The highest BCUT2D eigenvalue weighted by molar-refractivity contribution is 5.81. The van der Waals surface area contributed by atoms with Gasteiger partial charge in [-0.2, -0.15) is 13.2 Å². The van der Waals surface area contributed by atoms with Gasteiger partial charge >= 0.3 is 6.18 Å². The molecule has 0 unspecified atom stereocenters. The summed E-state index contributed by atoms with van der Waals surface area (Å²) in [4.78, 5) is 14.1. The van der Waals surface area contributed by atoms with Gasteiger partial charge in [0.15, 0.2) is 5.60 Å². The number of likely N-dealkylation sites (N-methyl/N-ethyl adjacent to an activating group) is 1. The molecule has 24 heavy (non-hydrogen) atoms. The Morgan fingerprint density at radius 1 is 1.29 bits per heavy atom. The van der Waals surface area contributed by atoms with E-state index in [4.69, 9.17) is 0 Å². The second kappa shape index (κ2) is 7.53. The molecule has 4 nitrogen and oxygen atoms in total. The topological polar surface area (TPSA) is 52.6 Å². The van der Waals surface area contributed by atoms with Crippen LogP contribution in [0, 0.1) is 0 Å². The Labute approximate surface area is 139 Å². The zero-order valence-corrected chi connectivity index (χ0v) is 13.6. The van der Waals surface area contributed by atoms with E-state index in [1.165, 1.54) is 24.3 Å². The monoisotopic (exact) mass is 344 g/mol. The van der Waals surface area contributed by atoms with E-state index in [1.54, 1.807) is 6.07 Å². The molecule has 2 atom stereocenters. The molecule has 0 spiro atoms. The molecule has 1 heterocycles. The Balaban J connectivity index is 2.00. The summed E-state index contributed by atoms with van der Waals surface area (Å²) in [5.41, 5.74) is -3.19. The summed E-state index contributed by atoms with van der Waals surface area (Å²) < 4.78 is 40.1. The maximum atomic E-state index is 13.4. The molecule has 0 aromatic heterocycles. The first-order valence-electron chi connectivity index (χ1n) is 8.08. The van der Waals surface area contributed by atoms with Gasteiger partial charge in [0.05, 0.1) is 6.04 Å². The van der Waals surface area contributed by atoms with Crippen LogP contribution in [0.15, 0.2) is 30.3 Å². The number of carbonyl (C=O) groups is 1. The summed E-state index contributed by atoms with van der Waals surface area (Å²) in [6.45, 7) is 0.558. The SMILES string of the molecule is CN1CCCC[C@@H]1C(=O)NCC[C@](O)(c1ccccc1)C(F)(F)F. The number of rotatable bonds is 5. The van der Waals surface area contributed by atoms with Gasteiger partial charge in [0, 0.05) is 13.0 Å². The molecule has 1 fully saturated rings. The molecule has 1 aromatic carbocycles. The van der Waals surface area contributed by atoms with E-state index in [-0.39, 0.29) is 24.1 Å². The third-order valence-corrected chi connectivity index (χ3v) is 4.58. The van der Waals surface area contributed by atoms with E-state index < -0.39 is 18.2 Å². The van der Waals surface area contributed by atoms with Crippen LogP contribution in [0.4, 0.5) is 13.2 Å². The molecule has 1 aliphatic rings. The van der Waals surface area contributed by atoms with Crippen LogP contribution in [0.2, 0.25) is 0 Å². The zero-order chi connectivity index (χ0) is 17.8. The second-order valence-corrected chi connectivity index (χ2v) is 6.26. The Morgan fingerprint density at radius 2 is 1.96 bits per heavy atom. The normalized spacial score (nSPS) is 22.0. The molecular formula is C17H23F3N2O2. The lowest BCUT2D eigenvalue weighted by molar-refractivity contribution is -0.268. The van der Waals surface area contributed by atoms with Crippen molar-refractivity contribution in [2.75, 3.05) is 20.1 Å². The lowest BCUT2D eigenvalue weighted by atomic mass is 9.89. The predicted octanol–water partition coefficient (Wildman–Crippen LogP) is 2.43. The van der Waals surface area contributed by atoms with Gasteiger partial charge in [-0.3, -0.25) is 9.69 Å². The number of carbonyl (C=O) groups excluding carboxylic acids is 1. The summed E-state index contributed by atoms with van der Waals surface area (Å²) >= 11 is 0. The third kappa shape index (κ3) is 4.08. The van der Waals surface area contributed by atoms with Crippen LogP contribution in [-0.4, -0.2) is 48.3 Å². The van der Waals surface area contributed by atoms with Crippen LogP contribution in [0.5, 0.6) is 0 Å². The fourth-order valence-corrected chi connectivity index (χ4v) is 3.05. The van der Waals surface area contributed by atoms with Crippen molar-refractivity contribution in [3.8, 4) is 0 Å². The van der Waals surface area contributed by atoms with E-state index in [0.717, 1.165) is 19.4 Å². The first-order valence-corrected chi connectivity index (χ1v) is 8.08. The number of hydrogen-bond acceptors (Lipinski definition) is 3. The van der Waals surface area contributed by atoms with E-state index >= 15 is 0 Å². The molecule has 7 heteroatoms. The number of benzene rings is 1. The minimum Gasteiger partial charge on any atom is -0.376 e. The molecule has 1 amide bonds. The van der Waals surface area contributed by atoms with Crippen molar-refractivity contribution >= 4 is 5.91 Å². The average molecular weight is 344 g/mol. The first-order chi connectivity index (χ1) is 11.3. The summed E-state index contributed by atoms with van der Waals surface area (Å²) in [6, 6.07) is 6.65. The molecule has 2 rings (SSSR count). The fraction of sp³-hybridized carbons (Fsp3) is 0.588. The number of nitrogens with one attached hydrogen (secondary N) is 1. The van der Waals surface area contributed by atoms with Gasteiger partial charge in [0.25, 0.3) is 0 Å². The molecule has 1 saturated heterocycles. The van der Waals surface area contributed by atoms with Crippen molar-refractivity contribution in [3.05, 3.63) is 35.9 Å². The standard InChI is InChI=1S/C17H23F3N2O2/c1-22-12-6-5-9-14(22)15(23)21-11-10-16(24,17(18,19)20)13-7-3-2-4-8-13/h2-4,7-8,14,24H,5-6,9-12H2,1H3,(H,21,23)/t14-,16+/m1/s1. The number of hydrogen-bond donors (Lipinski definition) is 2. The maximum Gasteiger partial charge on any atom is 0.421 e. The minimum absolute atomic E-state index is 0.221. The molecule has 0 aliphatic carbocycles. The number of nitrogens with zero attached hydrogens (tertiary/aromatic N) is 1. The van der Waals surface area contributed by atoms with Crippen LogP contribution in [-0.2, 0) is 10.4 Å². The fourth-order valence-electron chi connectivity index (χ4n) is 3.05. The summed E-state index contributed by atoms with van der Waals surface area (Å²) in [5.74, 6) is -0.283. The smallest absolute Gasteiger partial charge is 0.376 e. The number of halogens is 3. The molecule has 2 N–H and O–H groups in total. The quantitative estimate of drug-likeness (QED) is 0.863. The molecule has 1 aromatic rings. The Kier molecular flexibility index (Phi) is 5.87. The lowest BCUT2D eigenvalue weighted by Crippen LogP contribution is -2.49. The lowest BCUT2D eigenvalue weighted by Gasteiger charge is -2.33. The van der Waals surface area contributed by atoms with Crippen molar-refractivity contribution in [1.82, 2.24) is 10.2 Å². The Hall–Kier alpha value is -1.60. The van der Waals surface area contributed by atoms with Gasteiger partial charge in [0.1, 0.15) is 0 Å². The van der Waals surface area contributed by atoms with Crippen molar-refractivity contribution in [2.24, 2.45) is 0 Å². The van der Waals surface area contributed by atoms with Crippen LogP contribution in [0.25, 0.3) is 0 Å². The van der Waals surface area contributed by atoms with Gasteiger partial charge in [-0.15, -0.1) is 0 Å². The van der Waals surface area contributed by atoms with Gasteiger partial charge in [-0.25, -0.2) is 0 Å². The summed E-state index contributed by atoms with van der Waals surface area (Å²) in [7, 11) is 1.83. The average Bonchev–Trinajstić information content (AvgIpc) is 2.54. The number of amides is 1. The van der Waals surface area contributed by atoms with Crippen LogP contribution in [0.1, 0.15) is 31.2 Å². The maximum absolute atomic E-state index is 13.4. The number of likely N-dealkylation sites (tertiary alicyclic amines) is 1. The Morgan fingerprint density at radius 3 is 2.54 bits per heavy atom. The van der Waals surface area contributed by atoms with E-state index in [0.29, 0.717) is 6.42 Å². The van der Waals surface area contributed by atoms with Gasteiger partial charge in [-0.1, -0.05) is 36.8 Å². The van der Waals surface area contributed by atoms with Crippen LogP contribution >= 0.6 is 0 Å². The molecule has 0 radical (unpaired) electrons. The van der Waals surface area contributed by atoms with Crippen molar-refractivity contribution in [2.45, 2.75) is 43.5 Å². The van der Waals surface area contributed by atoms with Crippen LogP contribution in [0.3, 0.4) is 0 Å². The number of piperidine rings is 1. The van der Waals surface area contributed by atoms with Gasteiger partial charge in [0.2, 0.25) is 5.91 Å². The second-order valence-electron chi connectivity index (χ2n) is 6.26. The number of alkyl halides is 3. The van der Waals surface area contributed by atoms with Gasteiger partial charge < -0.3 is 10.4 Å². The highest BCUT2D eigenvalue weighted by atomic mass is 19.4. The first kappa shape index (κ1) is 18.7. The third-order valence-electron chi connectivity index (χ3n) is 4.58. The molecule has 0 saturated carbocycles. The molecule has 1 aliphatic heterocycles. The summed E-state index contributed by atoms with van der Waals surface area (Å²) in [6.07, 6.45) is -2.80. The number of aliphatic hydroxyl groups is 1. The van der Waals surface area contributed by atoms with Crippen LogP contribution < -0.4 is 5.32 Å². The molecule has 134 valence electrons. The van der Waals surface area contributed by atoms with Crippen molar-refractivity contribution in [1.29, 1.82) is 0 Å². The zero-order valence-electron chi connectivity index (χ0n) is 13.6.